The van der Waals surface area contributed by atoms with E-state index in [9.17, 15) is 5.11 Å². The highest BCUT2D eigenvalue weighted by atomic mass is 16.6. The monoisotopic (exact) mass is 374 g/mol. The average molecular weight is 375 g/mol. The summed E-state index contributed by atoms with van der Waals surface area (Å²) in [6.07, 6.45) is 13.5. The smallest absolute Gasteiger partial charge is 0.101 e. The molecule has 11 atom stereocenters. The molecule has 0 radical (unpaired) electrons. The third-order valence-electron chi connectivity index (χ3n) is 10.5. The van der Waals surface area contributed by atoms with Gasteiger partial charge in [0.05, 0.1) is 12.2 Å². The molecule has 0 amide bonds. The maximum absolute atomic E-state index is 10.3. The molecule has 4 aliphatic carbocycles. The Morgan fingerprint density at radius 1 is 1.11 bits per heavy atom. The molecule has 2 nitrogen and oxygen atoms in total. The predicted octanol–water partition coefficient (Wildman–Crippen LogP) is 5.82. The van der Waals surface area contributed by atoms with Crippen LogP contribution in [0.25, 0.3) is 0 Å². The lowest BCUT2D eigenvalue weighted by molar-refractivity contribution is -0.121. The lowest BCUT2D eigenvalue weighted by Gasteiger charge is -2.60. The van der Waals surface area contributed by atoms with Gasteiger partial charge in [0.25, 0.3) is 0 Å². The van der Waals surface area contributed by atoms with Gasteiger partial charge in [0.15, 0.2) is 0 Å². The summed E-state index contributed by atoms with van der Waals surface area (Å²) in [6.45, 7) is 9.99. The first-order valence-corrected chi connectivity index (χ1v) is 12.3. The van der Waals surface area contributed by atoms with Crippen molar-refractivity contribution in [2.75, 3.05) is 0 Å². The van der Waals surface area contributed by atoms with Gasteiger partial charge >= 0.3 is 0 Å². The fourth-order valence-electron chi connectivity index (χ4n) is 9.16. The number of aliphatic hydroxyl groups is 1. The van der Waals surface area contributed by atoms with Crippen molar-refractivity contribution < 1.29 is 9.84 Å². The van der Waals surface area contributed by atoms with Crippen LogP contribution in [-0.2, 0) is 4.74 Å². The van der Waals surface area contributed by atoms with Crippen molar-refractivity contribution in [3.8, 4) is 0 Å². The number of fused-ring (bicyclic) bond motifs is 4. The molecular formula is C25H42O2. The van der Waals surface area contributed by atoms with Crippen molar-refractivity contribution in [2.45, 2.75) is 110 Å². The summed E-state index contributed by atoms with van der Waals surface area (Å²) >= 11 is 0. The molecule has 27 heavy (non-hydrogen) atoms. The third-order valence-corrected chi connectivity index (χ3v) is 10.5. The van der Waals surface area contributed by atoms with Crippen LogP contribution in [0.2, 0.25) is 0 Å². The lowest BCUT2D eigenvalue weighted by Crippen LogP contribution is -2.56. The minimum atomic E-state index is -0.0399. The molecule has 5 aliphatic rings. The van der Waals surface area contributed by atoms with Gasteiger partial charge in [-0.1, -0.05) is 47.0 Å². The Morgan fingerprint density at radius 3 is 2.70 bits per heavy atom. The van der Waals surface area contributed by atoms with Crippen LogP contribution in [0.5, 0.6) is 0 Å². The van der Waals surface area contributed by atoms with E-state index >= 15 is 0 Å². The first kappa shape index (κ1) is 18.9. The fraction of sp³-hybridized carbons (Fsp3) is 1.00. The van der Waals surface area contributed by atoms with Gasteiger partial charge in [-0.25, -0.2) is 0 Å². The van der Waals surface area contributed by atoms with E-state index in [-0.39, 0.29) is 11.7 Å². The summed E-state index contributed by atoms with van der Waals surface area (Å²) in [5, 5.41) is 10.3. The van der Waals surface area contributed by atoms with Crippen molar-refractivity contribution >= 4 is 0 Å². The highest BCUT2D eigenvalue weighted by Gasteiger charge is 2.75. The molecule has 1 saturated heterocycles. The van der Waals surface area contributed by atoms with Crippen LogP contribution in [0, 0.1) is 46.8 Å². The zero-order valence-corrected chi connectivity index (χ0v) is 18.1. The van der Waals surface area contributed by atoms with Gasteiger partial charge in [-0.05, 0) is 91.8 Å². The fourth-order valence-corrected chi connectivity index (χ4v) is 9.16. The quantitative estimate of drug-likeness (QED) is 0.629. The van der Waals surface area contributed by atoms with Gasteiger partial charge in [0.1, 0.15) is 5.60 Å². The summed E-state index contributed by atoms with van der Waals surface area (Å²) in [6, 6.07) is 0. The Balaban J connectivity index is 1.41. The summed E-state index contributed by atoms with van der Waals surface area (Å²) in [5.74, 6) is 5.77. The van der Waals surface area contributed by atoms with Crippen LogP contribution in [0.15, 0.2) is 0 Å². The highest BCUT2D eigenvalue weighted by molar-refractivity contribution is 5.23. The normalized spacial score (nSPS) is 57.2. The number of aliphatic hydroxyl groups excluding tert-OH is 1. The van der Waals surface area contributed by atoms with Gasteiger partial charge < -0.3 is 9.84 Å². The number of rotatable bonds is 4. The maximum Gasteiger partial charge on any atom is 0.101 e. The second-order valence-electron chi connectivity index (χ2n) is 11.6. The average Bonchev–Trinajstić information content (AvgIpc) is 3.24. The molecule has 5 rings (SSSR count). The van der Waals surface area contributed by atoms with Crippen LogP contribution in [-0.4, -0.2) is 22.9 Å². The van der Waals surface area contributed by atoms with Gasteiger partial charge in [0.2, 0.25) is 0 Å². The number of epoxide rings is 1. The molecule has 4 saturated carbocycles. The van der Waals surface area contributed by atoms with Crippen molar-refractivity contribution in [1.82, 2.24) is 0 Å². The molecule has 5 fully saturated rings. The zero-order chi connectivity index (χ0) is 19.0. The Kier molecular flexibility index (Phi) is 4.53. The minimum Gasteiger partial charge on any atom is -0.393 e. The molecule has 0 aromatic carbocycles. The Hall–Kier alpha value is -0.0800. The van der Waals surface area contributed by atoms with Crippen LogP contribution < -0.4 is 0 Å². The summed E-state index contributed by atoms with van der Waals surface area (Å²) < 4.78 is 6.74. The largest absolute Gasteiger partial charge is 0.393 e. The Bertz CT molecular complexity index is 575. The number of unbranched alkanes of at least 4 members (excludes halogenated alkanes) is 1. The van der Waals surface area contributed by atoms with E-state index in [1.807, 2.05) is 0 Å². The molecule has 1 aliphatic heterocycles. The molecule has 0 aromatic heterocycles. The van der Waals surface area contributed by atoms with Gasteiger partial charge in [-0.15, -0.1) is 0 Å². The number of hydrogen-bond acceptors (Lipinski definition) is 2. The molecule has 2 heteroatoms. The molecule has 0 bridgehead atoms. The van der Waals surface area contributed by atoms with Crippen LogP contribution >= 0.6 is 0 Å². The van der Waals surface area contributed by atoms with E-state index < -0.39 is 0 Å². The number of ether oxygens (including phenoxy) is 1. The van der Waals surface area contributed by atoms with Crippen LogP contribution in [0.4, 0.5) is 0 Å². The first-order chi connectivity index (χ1) is 12.9. The second-order valence-corrected chi connectivity index (χ2v) is 11.6. The highest BCUT2D eigenvalue weighted by Crippen LogP contribution is 2.73. The molecule has 0 aromatic rings. The summed E-state index contributed by atoms with van der Waals surface area (Å²) in [5.41, 5.74) is 0.737. The summed E-state index contributed by atoms with van der Waals surface area (Å²) in [4.78, 5) is 0. The van der Waals surface area contributed by atoms with Crippen molar-refractivity contribution in [1.29, 1.82) is 0 Å². The van der Waals surface area contributed by atoms with E-state index in [0.29, 0.717) is 11.5 Å². The SMILES string of the molecule is CCCCC(C)C1CCC2C3C(C)CC4CC(O)CCC4(C)C3CC3OC312. The van der Waals surface area contributed by atoms with E-state index in [4.69, 9.17) is 4.74 Å². The van der Waals surface area contributed by atoms with E-state index in [1.165, 1.54) is 51.4 Å². The Labute approximate surface area is 166 Å². The van der Waals surface area contributed by atoms with Crippen LogP contribution in [0.3, 0.4) is 0 Å². The molecule has 1 heterocycles. The topological polar surface area (TPSA) is 32.8 Å². The number of hydrogen-bond donors (Lipinski definition) is 1. The van der Waals surface area contributed by atoms with Crippen molar-refractivity contribution in [3.63, 3.8) is 0 Å². The zero-order valence-electron chi connectivity index (χ0n) is 18.1. The second kappa shape index (κ2) is 6.46. The Morgan fingerprint density at radius 2 is 1.93 bits per heavy atom. The van der Waals surface area contributed by atoms with Gasteiger partial charge in [0, 0.05) is 0 Å². The standard InChI is InChI=1S/C25H42O2/c1-5-6-7-15(2)19-8-9-20-23-16(3)12-17-13-18(26)10-11-24(17,4)21(23)14-22-25(19,20)27-22/h15-23,26H,5-14H2,1-4H3. The van der Waals surface area contributed by atoms with E-state index in [2.05, 4.69) is 27.7 Å². The van der Waals surface area contributed by atoms with Gasteiger partial charge in [-0.2, -0.15) is 0 Å². The van der Waals surface area contributed by atoms with Gasteiger partial charge in [-0.3, -0.25) is 0 Å². The maximum atomic E-state index is 10.3. The van der Waals surface area contributed by atoms with Crippen molar-refractivity contribution in [2.24, 2.45) is 46.8 Å². The predicted molar refractivity (Wildman–Crippen MR) is 109 cm³/mol. The third kappa shape index (κ3) is 2.57. The lowest BCUT2D eigenvalue weighted by atomic mass is 9.44. The molecule has 11 unspecified atom stereocenters. The van der Waals surface area contributed by atoms with E-state index in [1.54, 1.807) is 0 Å². The molecule has 1 spiro atoms. The summed E-state index contributed by atoms with van der Waals surface area (Å²) in [7, 11) is 0. The van der Waals surface area contributed by atoms with E-state index in [0.717, 1.165) is 54.3 Å². The minimum absolute atomic E-state index is 0.0399. The molecule has 154 valence electrons. The first-order valence-electron chi connectivity index (χ1n) is 12.3. The molecule has 1 N–H and O–H groups in total. The van der Waals surface area contributed by atoms with Crippen LogP contribution in [0.1, 0.15) is 91.9 Å². The molecular weight excluding hydrogens is 332 g/mol. The van der Waals surface area contributed by atoms with Crippen molar-refractivity contribution in [3.05, 3.63) is 0 Å².